The standard InChI is InChI=1S/C32H27Cl2NO5/c33-31-21-13-6-7-14-22(21)32(34,24-16-9-8-15-23(24)31)28-27(31)29(38)35(30(28)39)18-10-2-5-17-26(37)40-19-25(36)20-11-3-1-4-12-20/h1,3-4,6-9,11-16,27-28H,2,5,10,17-19H2/t27-,28-,31?,32?/m0/s1. The topological polar surface area (TPSA) is 80.8 Å². The van der Waals surface area contributed by atoms with Crippen LogP contribution in [0.2, 0.25) is 0 Å². The number of nitrogens with zero attached hydrogens (tertiary/aromatic N) is 1. The molecule has 40 heavy (non-hydrogen) atoms. The molecule has 2 atom stereocenters. The predicted octanol–water partition coefficient (Wildman–Crippen LogP) is 5.57. The quantitative estimate of drug-likeness (QED) is 0.110. The van der Waals surface area contributed by atoms with E-state index >= 15 is 0 Å². The molecule has 2 bridgehead atoms. The normalized spacial score (nSPS) is 25.8. The maximum atomic E-state index is 13.8. The average molecular weight is 576 g/mol. The lowest BCUT2D eigenvalue weighted by Gasteiger charge is -2.54. The van der Waals surface area contributed by atoms with Gasteiger partial charge in [0, 0.05) is 18.5 Å². The lowest BCUT2D eigenvalue weighted by Crippen LogP contribution is -2.57. The first kappa shape index (κ1) is 26.7. The fourth-order valence-corrected chi connectivity index (χ4v) is 7.68. The van der Waals surface area contributed by atoms with Crippen molar-refractivity contribution >= 4 is 46.8 Å². The third-order valence-electron chi connectivity index (χ3n) is 8.40. The Morgan fingerprint density at radius 2 is 1.18 bits per heavy atom. The Hall–Kier alpha value is -3.48. The minimum Gasteiger partial charge on any atom is -0.457 e. The number of alkyl halides is 2. The van der Waals surface area contributed by atoms with Crippen LogP contribution in [0.4, 0.5) is 0 Å². The van der Waals surface area contributed by atoms with Crippen LogP contribution in [0.25, 0.3) is 0 Å². The van der Waals surface area contributed by atoms with Crippen molar-refractivity contribution in [2.75, 3.05) is 13.2 Å². The molecule has 1 saturated heterocycles. The molecule has 0 N–H and O–H groups in total. The number of imide groups is 1. The van der Waals surface area contributed by atoms with Gasteiger partial charge in [0.15, 0.2) is 12.4 Å². The zero-order valence-corrected chi connectivity index (χ0v) is 23.2. The van der Waals surface area contributed by atoms with Crippen LogP contribution in [0.5, 0.6) is 0 Å². The molecule has 0 unspecified atom stereocenters. The van der Waals surface area contributed by atoms with Gasteiger partial charge in [-0.25, -0.2) is 0 Å². The SMILES string of the molecule is O=C(CCCCCN1C(=O)[C@@H]2[C@@H](C1=O)C1(Cl)c3ccccc3C2(Cl)c2ccccc21)OCC(=O)c1ccccc1. The van der Waals surface area contributed by atoms with E-state index in [2.05, 4.69) is 0 Å². The van der Waals surface area contributed by atoms with Crippen LogP contribution in [0, 0.1) is 11.8 Å². The van der Waals surface area contributed by atoms with E-state index in [1.165, 1.54) is 4.90 Å². The molecule has 0 spiro atoms. The van der Waals surface area contributed by atoms with Crippen molar-refractivity contribution in [3.8, 4) is 0 Å². The van der Waals surface area contributed by atoms with Crippen LogP contribution in [0.3, 0.4) is 0 Å². The summed E-state index contributed by atoms with van der Waals surface area (Å²) < 4.78 is 5.11. The van der Waals surface area contributed by atoms with Gasteiger partial charge in [-0.15, -0.1) is 23.2 Å². The molecule has 3 aliphatic carbocycles. The van der Waals surface area contributed by atoms with Gasteiger partial charge in [0.25, 0.3) is 0 Å². The summed E-state index contributed by atoms with van der Waals surface area (Å²) in [4.78, 5) is 50.8. The van der Waals surface area contributed by atoms with Gasteiger partial charge in [-0.2, -0.15) is 0 Å². The summed E-state index contributed by atoms with van der Waals surface area (Å²) in [6.07, 6.45) is 1.79. The van der Waals surface area contributed by atoms with Crippen LogP contribution >= 0.6 is 23.2 Å². The Morgan fingerprint density at radius 1 is 0.700 bits per heavy atom. The highest BCUT2D eigenvalue weighted by Crippen LogP contribution is 2.69. The van der Waals surface area contributed by atoms with Gasteiger partial charge < -0.3 is 4.74 Å². The summed E-state index contributed by atoms with van der Waals surface area (Å²) >= 11 is 14.8. The fraction of sp³-hybridized carbons (Fsp3) is 0.312. The summed E-state index contributed by atoms with van der Waals surface area (Å²) in [6, 6.07) is 23.8. The maximum Gasteiger partial charge on any atom is 0.306 e. The maximum absolute atomic E-state index is 13.8. The zero-order valence-electron chi connectivity index (χ0n) is 21.6. The summed E-state index contributed by atoms with van der Waals surface area (Å²) in [6.45, 7) is -0.0770. The number of likely N-dealkylation sites (tertiary alicyclic amines) is 1. The molecule has 1 aliphatic heterocycles. The lowest BCUT2D eigenvalue weighted by atomic mass is 9.54. The molecule has 3 aromatic carbocycles. The first-order valence-electron chi connectivity index (χ1n) is 13.5. The average Bonchev–Trinajstić information content (AvgIpc) is 3.25. The Balaban J connectivity index is 1.10. The van der Waals surface area contributed by atoms with E-state index in [-0.39, 0.29) is 37.2 Å². The van der Waals surface area contributed by atoms with Crippen molar-refractivity contribution in [2.24, 2.45) is 11.8 Å². The molecule has 204 valence electrons. The van der Waals surface area contributed by atoms with E-state index in [0.717, 1.165) is 22.3 Å². The highest BCUT2D eigenvalue weighted by molar-refractivity contribution is 6.36. The number of unbranched alkanes of at least 4 members (excludes halogenated alkanes) is 2. The van der Waals surface area contributed by atoms with Crippen molar-refractivity contribution < 1.29 is 23.9 Å². The third kappa shape index (κ3) is 3.92. The molecule has 0 aromatic heterocycles. The van der Waals surface area contributed by atoms with Crippen molar-refractivity contribution in [1.82, 2.24) is 4.90 Å². The number of ether oxygens (including phenoxy) is 1. The lowest BCUT2D eigenvalue weighted by molar-refractivity contribution is -0.143. The van der Waals surface area contributed by atoms with Crippen LogP contribution in [-0.2, 0) is 28.9 Å². The first-order valence-corrected chi connectivity index (χ1v) is 14.2. The van der Waals surface area contributed by atoms with Gasteiger partial charge >= 0.3 is 5.97 Å². The Labute approximate surface area is 242 Å². The number of carbonyl (C=O) groups excluding carboxylic acids is 4. The fourth-order valence-electron chi connectivity index (χ4n) is 6.59. The number of benzene rings is 3. The van der Waals surface area contributed by atoms with Crippen LogP contribution in [-0.4, -0.2) is 41.6 Å². The van der Waals surface area contributed by atoms with Gasteiger partial charge in [-0.1, -0.05) is 85.3 Å². The van der Waals surface area contributed by atoms with E-state index in [9.17, 15) is 19.2 Å². The van der Waals surface area contributed by atoms with Gasteiger partial charge in [0.1, 0.15) is 9.75 Å². The molecule has 4 aliphatic rings. The molecular weight excluding hydrogens is 549 g/mol. The first-order chi connectivity index (χ1) is 19.3. The molecule has 1 fully saturated rings. The minimum atomic E-state index is -1.18. The highest BCUT2D eigenvalue weighted by Gasteiger charge is 2.72. The molecule has 0 radical (unpaired) electrons. The smallest absolute Gasteiger partial charge is 0.306 e. The van der Waals surface area contributed by atoms with Gasteiger partial charge in [-0.05, 0) is 35.1 Å². The molecule has 6 nitrogen and oxygen atoms in total. The molecule has 7 rings (SSSR count). The molecule has 3 aromatic rings. The summed E-state index contributed by atoms with van der Waals surface area (Å²) in [5.74, 6) is -2.93. The summed E-state index contributed by atoms with van der Waals surface area (Å²) in [5, 5.41) is 0. The number of rotatable bonds is 9. The van der Waals surface area contributed by atoms with Crippen molar-refractivity contribution in [2.45, 2.75) is 35.4 Å². The minimum absolute atomic E-state index is 0.148. The Bertz CT molecular complexity index is 1400. The van der Waals surface area contributed by atoms with Gasteiger partial charge in [0.05, 0.1) is 11.8 Å². The second-order valence-corrected chi connectivity index (χ2v) is 11.8. The molecule has 0 saturated carbocycles. The Kier molecular flexibility index (Phi) is 6.79. The molecule has 1 heterocycles. The summed E-state index contributed by atoms with van der Waals surface area (Å²) in [5.41, 5.74) is 3.60. The van der Waals surface area contributed by atoms with Crippen molar-refractivity contribution in [1.29, 1.82) is 0 Å². The zero-order chi connectivity index (χ0) is 28.1. The van der Waals surface area contributed by atoms with Crippen LogP contribution in [0.15, 0.2) is 78.9 Å². The van der Waals surface area contributed by atoms with Crippen molar-refractivity contribution in [3.05, 3.63) is 107 Å². The largest absolute Gasteiger partial charge is 0.457 e. The number of amides is 2. The van der Waals surface area contributed by atoms with Gasteiger partial charge in [-0.3, -0.25) is 24.1 Å². The predicted molar refractivity (Wildman–Crippen MR) is 150 cm³/mol. The number of halogens is 2. The second kappa shape index (κ2) is 10.2. The van der Waals surface area contributed by atoms with Crippen LogP contribution in [0.1, 0.15) is 58.3 Å². The molecule has 8 heteroatoms. The molecular formula is C32H27Cl2NO5. The number of carbonyl (C=O) groups is 4. The molecule has 2 amide bonds. The monoisotopic (exact) mass is 575 g/mol. The number of ketones is 1. The van der Waals surface area contributed by atoms with E-state index in [1.54, 1.807) is 24.3 Å². The van der Waals surface area contributed by atoms with Crippen molar-refractivity contribution in [3.63, 3.8) is 0 Å². The van der Waals surface area contributed by atoms with E-state index in [4.69, 9.17) is 27.9 Å². The number of esters is 1. The van der Waals surface area contributed by atoms with Crippen LogP contribution < -0.4 is 0 Å². The second-order valence-electron chi connectivity index (χ2n) is 10.6. The number of hydrogen-bond acceptors (Lipinski definition) is 5. The third-order valence-corrected chi connectivity index (χ3v) is 9.68. The number of hydrogen-bond donors (Lipinski definition) is 0. The summed E-state index contributed by atoms with van der Waals surface area (Å²) in [7, 11) is 0. The van der Waals surface area contributed by atoms with E-state index in [0.29, 0.717) is 24.8 Å². The van der Waals surface area contributed by atoms with E-state index < -0.39 is 27.6 Å². The highest BCUT2D eigenvalue weighted by atomic mass is 35.5. The Morgan fingerprint density at radius 3 is 1.68 bits per heavy atom. The van der Waals surface area contributed by atoms with Gasteiger partial charge in [0.2, 0.25) is 11.8 Å². The number of Topliss-reactive ketones (excluding diaryl/α,β-unsaturated/α-hetero) is 1. The van der Waals surface area contributed by atoms with E-state index in [1.807, 2.05) is 54.6 Å².